The number of amides is 1. The Labute approximate surface area is 182 Å². The van der Waals surface area contributed by atoms with Crippen LogP contribution in [0.15, 0.2) is 65.1 Å². The molecule has 2 aromatic carbocycles. The van der Waals surface area contributed by atoms with Crippen molar-refractivity contribution in [2.24, 2.45) is 0 Å². The number of tetrazole rings is 1. The van der Waals surface area contributed by atoms with Crippen molar-refractivity contribution < 1.29 is 13.9 Å². The Hall–Kier alpha value is -3.91. The number of aromatic nitrogens is 4. The molecule has 0 saturated heterocycles. The Balaban J connectivity index is 1.56. The normalized spacial score (nSPS) is 11.4. The molecule has 0 aliphatic heterocycles. The van der Waals surface area contributed by atoms with Crippen LogP contribution in [0.4, 0.5) is 0 Å². The highest BCUT2D eigenvalue weighted by Crippen LogP contribution is 2.30. The number of hydrogen-bond donors (Lipinski definition) is 2. The third-order valence-corrected chi connectivity index (χ3v) is 4.83. The average Bonchev–Trinajstić information content (AvgIpc) is 3.49. The number of nitrogens with one attached hydrogen (secondary N) is 2. The van der Waals surface area contributed by atoms with Gasteiger partial charge in [0.2, 0.25) is 5.82 Å². The first-order valence-corrected chi connectivity index (χ1v) is 9.73. The van der Waals surface area contributed by atoms with Gasteiger partial charge in [-0.05, 0) is 53.3 Å². The molecule has 0 fully saturated rings. The van der Waals surface area contributed by atoms with Crippen molar-refractivity contribution in [3.63, 3.8) is 0 Å². The number of nitrogens with zero attached hydrogens (tertiary/aromatic N) is 3. The molecule has 0 radical (unpaired) electrons. The van der Waals surface area contributed by atoms with Gasteiger partial charge in [-0.15, -0.1) is 10.2 Å². The van der Waals surface area contributed by atoms with Crippen molar-refractivity contribution in [1.29, 1.82) is 0 Å². The van der Waals surface area contributed by atoms with Crippen molar-refractivity contribution in [3.05, 3.63) is 82.8 Å². The Morgan fingerprint density at radius 3 is 2.68 bits per heavy atom. The van der Waals surface area contributed by atoms with Crippen LogP contribution >= 0.6 is 11.6 Å². The lowest BCUT2D eigenvalue weighted by molar-refractivity contribution is -0.115. The summed E-state index contributed by atoms with van der Waals surface area (Å²) in [5.74, 6) is 1.57. The standard InChI is InChI=1S/C22H18ClN5O3/c1-30-15-8-6-14(7-9-15)13-24-22(29)18(21-25-27-28-26-21)12-16-10-11-20(31-16)17-4-2-3-5-19(17)23/h2-12H,13H2,1H3,(H,24,29)(H,25,26,27,28). The van der Waals surface area contributed by atoms with Crippen LogP contribution in [-0.4, -0.2) is 33.6 Å². The highest BCUT2D eigenvalue weighted by Gasteiger charge is 2.18. The van der Waals surface area contributed by atoms with E-state index in [1.165, 1.54) is 0 Å². The Morgan fingerprint density at radius 2 is 1.97 bits per heavy atom. The van der Waals surface area contributed by atoms with Gasteiger partial charge in [0.05, 0.1) is 17.7 Å². The fraction of sp³-hybridized carbons (Fsp3) is 0.0909. The number of H-pyrrole nitrogens is 1. The molecule has 2 aromatic heterocycles. The number of carbonyl (C=O) groups excluding carboxylic acids is 1. The van der Waals surface area contributed by atoms with Gasteiger partial charge >= 0.3 is 0 Å². The van der Waals surface area contributed by atoms with E-state index in [-0.39, 0.29) is 17.3 Å². The Kier molecular flexibility index (Phi) is 6.09. The summed E-state index contributed by atoms with van der Waals surface area (Å²) >= 11 is 6.24. The lowest BCUT2D eigenvalue weighted by atomic mass is 10.1. The van der Waals surface area contributed by atoms with Crippen LogP contribution in [0.2, 0.25) is 5.02 Å². The molecular weight excluding hydrogens is 418 g/mol. The van der Waals surface area contributed by atoms with Gasteiger partial charge in [-0.25, -0.2) is 0 Å². The Morgan fingerprint density at radius 1 is 1.16 bits per heavy atom. The summed E-state index contributed by atoms with van der Waals surface area (Å²) in [5.41, 5.74) is 1.89. The monoisotopic (exact) mass is 435 g/mol. The molecule has 0 atom stereocenters. The molecule has 0 spiro atoms. The molecule has 0 bridgehead atoms. The number of furan rings is 1. The lowest BCUT2D eigenvalue weighted by Gasteiger charge is -2.07. The van der Waals surface area contributed by atoms with E-state index >= 15 is 0 Å². The maximum Gasteiger partial charge on any atom is 0.255 e. The van der Waals surface area contributed by atoms with Gasteiger partial charge in [-0.2, -0.15) is 5.21 Å². The summed E-state index contributed by atoms with van der Waals surface area (Å²) in [5, 5.41) is 17.2. The van der Waals surface area contributed by atoms with Crippen molar-refractivity contribution in [3.8, 4) is 17.1 Å². The fourth-order valence-corrected chi connectivity index (χ4v) is 3.14. The maximum atomic E-state index is 12.9. The molecule has 0 aliphatic carbocycles. The minimum absolute atomic E-state index is 0.155. The van der Waals surface area contributed by atoms with E-state index in [2.05, 4.69) is 25.9 Å². The minimum Gasteiger partial charge on any atom is -0.497 e. The van der Waals surface area contributed by atoms with Crippen LogP contribution in [0.5, 0.6) is 5.75 Å². The third kappa shape index (κ3) is 4.81. The van der Waals surface area contributed by atoms with Gasteiger partial charge in [0, 0.05) is 12.1 Å². The molecule has 8 nitrogen and oxygen atoms in total. The number of carbonyl (C=O) groups is 1. The van der Waals surface area contributed by atoms with Gasteiger partial charge in [-0.1, -0.05) is 35.9 Å². The third-order valence-electron chi connectivity index (χ3n) is 4.50. The second kappa shape index (κ2) is 9.27. The fourth-order valence-electron chi connectivity index (χ4n) is 2.91. The molecule has 9 heteroatoms. The molecule has 2 heterocycles. The van der Waals surface area contributed by atoms with Gasteiger partial charge in [0.25, 0.3) is 5.91 Å². The number of aromatic amines is 1. The first kappa shape index (κ1) is 20.4. The second-order valence-corrected chi connectivity index (χ2v) is 6.91. The van der Waals surface area contributed by atoms with Crippen LogP contribution in [-0.2, 0) is 11.3 Å². The highest BCUT2D eigenvalue weighted by molar-refractivity contribution is 6.33. The summed E-state index contributed by atoms with van der Waals surface area (Å²) in [6.45, 7) is 0.320. The van der Waals surface area contributed by atoms with Gasteiger partial charge in [-0.3, -0.25) is 4.79 Å². The average molecular weight is 436 g/mol. The molecule has 4 rings (SSSR count). The quantitative estimate of drug-likeness (QED) is 0.425. The molecule has 0 aliphatic rings. The smallest absolute Gasteiger partial charge is 0.255 e. The summed E-state index contributed by atoms with van der Waals surface area (Å²) in [6.07, 6.45) is 1.56. The van der Waals surface area contributed by atoms with Crippen molar-refractivity contribution in [2.75, 3.05) is 7.11 Å². The van der Waals surface area contributed by atoms with E-state index in [9.17, 15) is 4.79 Å². The maximum absolute atomic E-state index is 12.9. The SMILES string of the molecule is COc1ccc(CNC(=O)C(=Cc2ccc(-c3ccccc3Cl)o2)c2nn[nH]n2)cc1. The van der Waals surface area contributed by atoms with E-state index in [1.54, 1.807) is 31.4 Å². The van der Waals surface area contributed by atoms with Crippen LogP contribution in [0, 0.1) is 0 Å². The lowest BCUT2D eigenvalue weighted by Crippen LogP contribution is -2.24. The van der Waals surface area contributed by atoms with E-state index in [0.29, 0.717) is 23.1 Å². The zero-order valence-corrected chi connectivity index (χ0v) is 17.3. The summed E-state index contributed by atoms with van der Waals surface area (Å²) in [4.78, 5) is 12.9. The van der Waals surface area contributed by atoms with Crippen LogP contribution < -0.4 is 10.1 Å². The van der Waals surface area contributed by atoms with Gasteiger partial charge < -0.3 is 14.5 Å². The molecule has 0 saturated carbocycles. The van der Waals surface area contributed by atoms with E-state index in [4.69, 9.17) is 20.8 Å². The van der Waals surface area contributed by atoms with Crippen LogP contribution in [0.1, 0.15) is 17.1 Å². The number of hydrogen-bond acceptors (Lipinski definition) is 6. The number of ether oxygens (including phenoxy) is 1. The largest absolute Gasteiger partial charge is 0.497 e. The first-order chi connectivity index (χ1) is 15.1. The van der Waals surface area contributed by atoms with Gasteiger partial charge in [0.1, 0.15) is 17.3 Å². The molecule has 31 heavy (non-hydrogen) atoms. The molecule has 2 N–H and O–H groups in total. The van der Waals surface area contributed by atoms with Crippen molar-refractivity contribution in [2.45, 2.75) is 6.54 Å². The van der Waals surface area contributed by atoms with Crippen molar-refractivity contribution >= 4 is 29.2 Å². The second-order valence-electron chi connectivity index (χ2n) is 6.51. The first-order valence-electron chi connectivity index (χ1n) is 9.35. The topological polar surface area (TPSA) is 106 Å². The highest BCUT2D eigenvalue weighted by atomic mass is 35.5. The van der Waals surface area contributed by atoms with E-state index < -0.39 is 0 Å². The van der Waals surface area contributed by atoms with E-state index in [1.807, 2.05) is 42.5 Å². The number of halogens is 1. The molecule has 1 amide bonds. The number of benzene rings is 2. The number of rotatable bonds is 7. The molecule has 156 valence electrons. The van der Waals surface area contributed by atoms with Gasteiger partial charge in [0.15, 0.2) is 0 Å². The summed E-state index contributed by atoms with van der Waals surface area (Å²) in [6, 6.07) is 18.3. The van der Waals surface area contributed by atoms with Crippen molar-refractivity contribution in [1.82, 2.24) is 25.9 Å². The van der Waals surface area contributed by atoms with Crippen LogP contribution in [0.25, 0.3) is 23.0 Å². The predicted molar refractivity (Wildman–Crippen MR) is 116 cm³/mol. The molecule has 0 unspecified atom stereocenters. The zero-order chi connectivity index (χ0) is 21.6. The predicted octanol–water partition coefficient (Wildman–Crippen LogP) is 3.98. The summed E-state index contributed by atoms with van der Waals surface area (Å²) < 4.78 is 11.0. The molecule has 4 aromatic rings. The summed E-state index contributed by atoms with van der Waals surface area (Å²) in [7, 11) is 1.60. The Bertz CT molecular complexity index is 1200. The van der Waals surface area contributed by atoms with Crippen LogP contribution in [0.3, 0.4) is 0 Å². The molecular formula is C22H18ClN5O3. The number of methoxy groups -OCH3 is 1. The van der Waals surface area contributed by atoms with E-state index in [0.717, 1.165) is 16.9 Å². The minimum atomic E-state index is -0.368. The zero-order valence-electron chi connectivity index (χ0n) is 16.5.